The molecule has 1 aromatic carbocycles. The smallest absolute Gasteiger partial charge is 0.342 e. The molecule has 2 N–H and O–H groups in total. The lowest BCUT2D eigenvalue weighted by atomic mass is 9.77. The number of carbonyl (C=O) groups is 2. The van der Waals surface area contributed by atoms with E-state index in [9.17, 15) is 19.8 Å². The average Bonchev–Trinajstić information content (AvgIpc) is 2.65. The van der Waals surface area contributed by atoms with Gasteiger partial charge in [0.2, 0.25) is 0 Å². The molecule has 7 heteroatoms. The number of phenolic OH excluding ortho intramolecular Hbond substituents is 1. The number of esters is 1. The van der Waals surface area contributed by atoms with Crippen molar-refractivity contribution in [2.75, 3.05) is 13.7 Å². The van der Waals surface area contributed by atoms with Crippen LogP contribution in [0.2, 0.25) is 0 Å². The molecule has 0 radical (unpaired) electrons. The van der Waals surface area contributed by atoms with Gasteiger partial charge >= 0.3 is 5.97 Å². The summed E-state index contributed by atoms with van der Waals surface area (Å²) in [6.45, 7) is 5.13. The van der Waals surface area contributed by atoms with Crippen molar-refractivity contribution in [3.8, 4) is 11.5 Å². The molecule has 1 aromatic rings. The number of methoxy groups -OCH3 is 1. The number of aromatic hydroxyl groups is 1. The maximum absolute atomic E-state index is 12.9. The summed E-state index contributed by atoms with van der Waals surface area (Å²) in [6, 6.07) is 2.73. The molecule has 0 aromatic heterocycles. The van der Waals surface area contributed by atoms with E-state index in [0.717, 1.165) is 24.2 Å². The number of carbonyl (C=O) groups excluding carboxylic acids is 2. The minimum atomic E-state index is -1.87. The van der Waals surface area contributed by atoms with Gasteiger partial charge in [-0.2, -0.15) is 0 Å². The lowest BCUT2D eigenvalue weighted by Crippen LogP contribution is -2.53. The summed E-state index contributed by atoms with van der Waals surface area (Å²) < 4.78 is 16.4. The molecular weight excluding hydrogens is 376 g/mol. The molecule has 2 unspecified atom stereocenters. The quantitative estimate of drug-likeness (QED) is 0.730. The Balaban J connectivity index is 1.91. The molecule has 1 aliphatic heterocycles. The number of hydrogen-bond acceptors (Lipinski definition) is 7. The Labute approximate surface area is 169 Å². The minimum Gasteiger partial charge on any atom is -0.508 e. The lowest BCUT2D eigenvalue weighted by molar-refractivity contribution is -0.146. The highest BCUT2D eigenvalue weighted by Crippen LogP contribution is 2.37. The highest BCUT2D eigenvalue weighted by Gasteiger charge is 2.48. The Kier molecular flexibility index (Phi) is 5.71. The molecule has 0 spiro atoms. The van der Waals surface area contributed by atoms with Crippen molar-refractivity contribution in [2.45, 2.75) is 51.7 Å². The van der Waals surface area contributed by atoms with Crippen LogP contribution in [0.25, 0.3) is 0 Å². The zero-order chi connectivity index (χ0) is 21.3. The molecule has 2 aliphatic rings. The van der Waals surface area contributed by atoms with Gasteiger partial charge in [-0.15, -0.1) is 0 Å². The maximum atomic E-state index is 12.9. The first-order chi connectivity index (χ1) is 13.7. The van der Waals surface area contributed by atoms with Gasteiger partial charge in [-0.3, -0.25) is 4.79 Å². The topological polar surface area (TPSA) is 102 Å². The van der Waals surface area contributed by atoms with E-state index in [4.69, 9.17) is 14.2 Å². The summed E-state index contributed by atoms with van der Waals surface area (Å²) in [5.74, 6) is -0.336. The maximum Gasteiger partial charge on any atom is 0.342 e. The molecule has 2 atom stereocenters. The Hall–Kier alpha value is -2.80. The van der Waals surface area contributed by atoms with Crippen molar-refractivity contribution in [2.24, 2.45) is 0 Å². The third-order valence-corrected chi connectivity index (χ3v) is 5.34. The van der Waals surface area contributed by atoms with E-state index >= 15 is 0 Å². The standard InChI is InChI=1S/C22H26O7/c1-5-6-15-8-13-9-18(22(3,26)20(24)16(13)11-28-15)29-21(25)19-12(2)7-14(23)10-17(19)27-4/h7-8,10,18,23,26H,5-6,9,11H2,1-4H3. The zero-order valence-corrected chi connectivity index (χ0v) is 17.1. The number of aryl methyl sites for hydroxylation is 1. The summed E-state index contributed by atoms with van der Waals surface area (Å²) in [7, 11) is 1.38. The van der Waals surface area contributed by atoms with E-state index in [0.29, 0.717) is 11.1 Å². The van der Waals surface area contributed by atoms with Crippen LogP contribution in [-0.2, 0) is 14.3 Å². The monoisotopic (exact) mass is 402 g/mol. The van der Waals surface area contributed by atoms with E-state index in [1.54, 1.807) is 6.92 Å². The Bertz CT molecular complexity index is 908. The molecule has 0 fully saturated rings. The molecule has 1 heterocycles. The summed E-state index contributed by atoms with van der Waals surface area (Å²) in [6.07, 6.45) is 2.60. The van der Waals surface area contributed by atoms with Crippen molar-refractivity contribution in [3.05, 3.63) is 46.2 Å². The van der Waals surface area contributed by atoms with Gasteiger partial charge in [0.25, 0.3) is 0 Å². The van der Waals surface area contributed by atoms with Gasteiger partial charge in [0.15, 0.2) is 11.4 Å². The highest BCUT2D eigenvalue weighted by atomic mass is 16.6. The number of hydrogen-bond donors (Lipinski definition) is 2. The van der Waals surface area contributed by atoms with Gasteiger partial charge in [-0.1, -0.05) is 6.92 Å². The number of ketones is 1. The average molecular weight is 402 g/mol. The molecule has 1 aliphatic carbocycles. The summed E-state index contributed by atoms with van der Waals surface area (Å²) in [5.41, 5.74) is -0.123. The molecule has 29 heavy (non-hydrogen) atoms. The SMILES string of the molecule is CCCC1=CC2=C(CO1)C(=O)C(C)(O)C(OC(=O)c1c(C)cc(O)cc1OC)C2. The van der Waals surface area contributed by atoms with E-state index in [1.807, 2.05) is 13.0 Å². The Morgan fingerprint density at radius 3 is 2.76 bits per heavy atom. The first-order valence-electron chi connectivity index (χ1n) is 9.60. The van der Waals surface area contributed by atoms with E-state index in [2.05, 4.69) is 0 Å². The van der Waals surface area contributed by atoms with Crippen LogP contribution in [0.1, 0.15) is 49.0 Å². The van der Waals surface area contributed by atoms with Gasteiger partial charge in [0.05, 0.1) is 12.9 Å². The zero-order valence-electron chi connectivity index (χ0n) is 17.1. The van der Waals surface area contributed by atoms with Crippen LogP contribution in [0.15, 0.2) is 35.1 Å². The van der Waals surface area contributed by atoms with Crippen LogP contribution in [0.4, 0.5) is 0 Å². The first-order valence-corrected chi connectivity index (χ1v) is 9.60. The number of ether oxygens (including phenoxy) is 3. The van der Waals surface area contributed by atoms with Crippen LogP contribution in [0, 0.1) is 6.92 Å². The fourth-order valence-electron chi connectivity index (χ4n) is 3.72. The largest absolute Gasteiger partial charge is 0.508 e. The second-order valence-electron chi connectivity index (χ2n) is 7.57. The summed E-state index contributed by atoms with van der Waals surface area (Å²) >= 11 is 0. The molecule has 0 bridgehead atoms. The van der Waals surface area contributed by atoms with Gasteiger partial charge in [0.1, 0.15) is 29.8 Å². The fraction of sp³-hybridized carbons (Fsp3) is 0.455. The number of allylic oxidation sites excluding steroid dienone is 2. The first kappa shape index (κ1) is 20.9. The Morgan fingerprint density at radius 1 is 1.38 bits per heavy atom. The molecule has 0 saturated heterocycles. The van der Waals surface area contributed by atoms with Gasteiger partial charge < -0.3 is 24.4 Å². The highest BCUT2D eigenvalue weighted by molar-refractivity contribution is 6.05. The van der Waals surface area contributed by atoms with Crippen LogP contribution in [-0.4, -0.2) is 47.4 Å². The van der Waals surface area contributed by atoms with E-state index in [1.165, 1.54) is 26.2 Å². The van der Waals surface area contributed by atoms with Crippen LogP contribution in [0.5, 0.6) is 11.5 Å². The molecule has 156 valence electrons. The third kappa shape index (κ3) is 3.87. The second-order valence-corrected chi connectivity index (χ2v) is 7.57. The van der Waals surface area contributed by atoms with Crippen molar-refractivity contribution < 1.29 is 34.0 Å². The van der Waals surface area contributed by atoms with Gasteiger partial charge in [-0.25, -0.2) is 4.79 Å². The summed E-state index contributed by atoms with van der Waals surface area (Å²) in [4.78, 5) is 25.7. The van der Waals surface area contributed by atoms with E-state index in [-0.39, 0.29) is 30.1 Å². The molecule has 0 amide bonds. The number of Topliss-reactive ketones (excluding diaryl/α,β-unsaturated/α-hetero) is 1. The summed E-state index contributed by atoms with van der Waals surface area (Å²) in [5, 5.41) is 20.6. The van der Waals surface area contributed by atoms with Crippen molar-refractivity contribution in [3.63, 3.8) is 0 Å². The molecule has 3 rings (SSSR count). The van der Waals surface area contributed by atoms with E-state index < -0.39 is 23.5 Å². The van der Waals surface area contributed by atoms with Gasteiger partial charge in [0, 0.05) is 24.5 Å². The predicted molar refractivity (Wildman–Crippen MR) is 105 cm³/mol. The molecule has 0 saturated carbocycles. The predicted octanol–water partition coefficient (Wildman–Crippen LogP) is 2.97. The number of aliphatic hydroxyl groups is 1. The fourth-order valence-corrected chi connectivity index (χ4v) is 3.72. The number of phenols is 1. The third-order valence-electron chi connectivity index (χ3n) is 5.34. The van der Waals surface area contributed by atoms with Crippen LogP contribution in [0.3, 0.4) is 0 Å². The van der Waals surface area contributed by atoms with Crippen molar-refractivity contribution in [1.29, 1.82) is 0 Å². The Morgan fingerprint density at radius 2 is 2.10 bits per heavy atom. The number of rotatable bonds is 5. The minimum absolute atomic E-state index is 0.0404. The number of benzene rings is 1. The lowest BCUT2D eigenvalue weighted by Gasteiger charge is -2.38. The van der Waals surface area contributed by atoms with Crippen molar-refractivity contribution in [1.82, 2.24) is 0 Å². The van der Waals surface area contributed by atoms with Crippen molar-refractivity contribution >= 4 is 11.8 Å². The molecule has 7 nitrogen and oxygen atoms in total. The molecular formula is C22H26O7. The van der Waals surface area contributed by atoms with Crippen LogP contribution >= 0.6 is 0 Å². The van der Waals surface area contributed by atoms with Gasteiger partial charge in [-0.05, 0) is 43.5 Å². The van der Waals surface area contributed by atoms with Crippen LogP contribution < -0.4 is 4.74 Å². The second kappa shape index (κ2) is 7.91. The normalized spacial score (nSPS) is 23.8.